The van der Waals surface area contributed by atoms with E-state index in [0.717, 1.165) is 11.3 Å². The van der Waals surface area contributed by atoms with Crippen LogP contribution in [0.5, 0.6) is 5.75 Å². The lowest BCUT2D eigenvalue weighted by Crippen LogP contribution is -2.21. The van der Waals surface area contributed by atoms with Crippen LogP contribution in [0.4, 0.5) is 10.1 Å². The van der Waals surface area contributed by atoms with Crippen molar-refractivity contribution in [2.75, 3.05) is 12.4 Å². The van der Waals surface area contributed by atoms with Crippen LogP contribution in [0.3, 0.4) is 0 Å². The molecule has 6 nitrogen and oxygen atoms in total. The van der Waals surface area contributed by atoms with E-state index >= 15 is 0 Å². The predicted molar refractivity (Wildman–Crippen MR) is 97.6 cm³/mol. The molecular weight excluding hydrogens is 337 g/mol. The highest BCUT2D eigenvalue weighted by Gasteiger charge is 2.07. The van der Waals surface area contributed by atoms with Crippen molar-refractivity contribution in [2.24, 2.45) is 5.10 Å². The fourth-order valence-electron chi connectivity index (χ4n) is 2.08. The van der Waals surface area contributed by atoms with Gasteiger partial charge in [0.2, 0.25) is 11.8 Å². The second-order valence-electron chi connectivity index (χ2n) is 5.52. The molecule has 2 aromatic rings. The van der Waals surface area contributed by atoms with E-state index in [1.807, 2.05) is 12.1 Å². The Morgan fingerprint density at radius 1 is 1.00 bits per heavy atom. The third-order valence-corrected chi connectivity index (χ3v) is 3.56. The Morgan fingerprint density at radius 2 is 1.62 bits per heavy atom. The summed E-state index contributed by atoms with van der Waals surface area (Å²) in [5.74, 6) is -0.347. The number of carbonyl (C=O) groups is 2. The molecule has 136 valence electrons. The number of hydrogen-bond acceptors (Lipinski definition) is 4. The second kappa shape index (κ2) is 9.31. The number of ether oxygens (including phenoxy) is 1. The molecule has 0 heterocycles. The first-order valence-electron chi connectivity index (χ1n) is 8.01. The molecule has 0 fully saturated rings. The van der Waals surface area contributed by atoms with Crippen molar-refractivity contribution in [1.82, 2.24) is 5.43 Å². The molecule has 0 radical (unpaired) electrons. The summed E-state index contributed by atoms with van der Waals surface area (Å²) >= 11 is 0. The molecule has 0 aliphatic heterocycles. The minimum absolute atomic E-state index is 0.000311. The van der Waals surface area contributed by atoms with Gasteiger partial charge in [-0.05, 0) is 61.0 Å². The maximum absolute atomic E-state index is 12.8. The Hall–Kier alpha value is -3.22. The van der Waals surface area contributed by atoms with Gasteiger partial charge in [-0.25, -0.2) is 9.82 Å². The Bertz CT molecular complexity index is 787. The molecular formula is C19H20FN3O3. The number of nitrogens with zero attached hydrogens (tertiary/aromatic N) is 1. The molecule has 26 heavy (non-hydrogen) atoms. The molecule has 0 aromatic heterocycles. The monoisotopic (exact) mass is 357 g/mol. The average Bonchev–Trinajstić information content (AvgIpc) is 2.66. The van der Waals surface area contributed by atoms with Crippen LogP contribution in [0.1, 0.15) is 25.3 Å². The van der Waals surface area contributed by atoms with Gasteiger partial charge in [0, 0.05) is 18.5 Å². The van der Waals surface area contributed by atoms with Crippen molar-refractivity contribution in [2.45, 2.75) is 19.8 Å². The van der Waals surface area contributed by atoms with Crippen molar-refractivity contribution in [3.63, 3.8) is 0 Å². The van der Waals surface area contributed by atoms with Crippen molar-refractivity contribution >= 4 is 23.2 Å². The molecule has 2 N–H and O–H groups in total. The number of hydrazone groups is 1. The molecule has 0 saturated carbocycles. The maximum atomic E-state index is 12.8. The van der Waals surface area contributed by atoms with Gasteiger partial charge in [0.25, 0.3) is 0 Å². The Kier molecular flexibility index (Phi) is 6.84. The number of rotatable bonds is 7. The normalized spacial score (nSPS) is 11.0. The number of nitrogens with one attached hydrogen (secondary N) is 2. The standard InChI is InChI=1S/C19H20FN3O3/c1-13(14-3-9-17(26-2)10-4-14)22-23-19(25)12-11-18(24)21-16-7-5-15(20)6-8-16/h3-10H,11-12H2,1-2H3,(H,21,24)(H,23,25)/b22-13-. The number of halogens is 1. The number of carbonyl (C=O) groups excluding carboxylic acids is 2. The highest BCUT2D eigenvalue weighted by atomic mass is 19.1. The quantitative estimate of drug-likeness (QED) is 0.590. The third-order valence-electron chi connectivity index (χ3n) is 3.56. The van der Waals surface area contributed by atoms with Crippen molar-refractivity contribution in [1.29, 1.82) is 0 Å². The summed E-state index contributed by atoms with van der Waals surface area (Å²) in [4.78, 5) is 23.6. The van der Waals surface area contributed by atoms with Crippen molar-refractivity contribution in [3.05, 3.63) is 59.9 Å². The number of anilines is 1. The van der Waals surface area contributed by atoms with Gasteiger partial charge in [-0.15, -0.1) is 0 Å². The molecule has 2 rings (SSSR count). The van der Waals surface area contributed by atoms with E-state index in [1.165, 1.54) is 24.3 Å². The molecule has 0 unspecified atom stereocenters. The fourth-order valence-corrected chi connectivity index (χ4v) is 2.08. The summed E-state index contributed by atoms with van der Waals surface area (Å²) in [5.41, 5.74) is 4.38. The molecule has 0 aliphatic carbocycles. The van der Waals surface area contributed by atoms with Gasteiger partial charge in [0.05, 0.1) is 12.8 Å². The smallest absolute Gasteiger partial charge is 0.240 e. The minimum Gasteiger partial charge on any atom is -0.497 e. The summed E-state index contributed by atoms with van der Waals surface area (Å²) in [6.07, 6.45) is -0.00721. The van der Waals surface area contributed by atoms with Crippen molar-refractivity contribution < 1.29 is 18.7 Å². The first-order chi connectivity index (χ1) is 12.5. The van der Waals surface area contributed by atoms with E-state index in [-0.39, 0.29) is 30.5 Å². The minimum atomic E-state index is -0.382. The van der Waals surface area contributed by atoms with Gasteiger partial charge in [0.1, 0.15) is 11.6 Å². The third kappa shape index (κ3) is 6.01. The van der Waals surface area contributed by atoms with E-state index in [2.05, 4.69) is 15.8 Å². The highest BCUT2D eigenvalue weighted by molar-refractivity contribution is 5.99. The Morgan fingerprint density at radius 3 is 2.23 bits per heavy atom. The van der Waals surface area contributed by atoms with Crippen molar-refractivity contribution in [3.8, 4) is 5.75 Å². The van der Waals surface area contributed by atoms with Crippen LogP contribution in [0.2, 0.25) is 0 Å². The van der Waals surface area contributed by atoms with Gasteiger partial charge < -0.3 is 10.1 Å². The summed E-state index contributed by atoms with van der Waals surface area (Å²) in [5, 5.41) is 6.62. The zero-order valence-corrected chi connectivity index (χ0v) is 14.6. The number of amides is 2. The van der Waals surface area contributed by atoms with Gasteiger partial charge in [-0.2, -0.15) is 5.10 Å². The molecule has 0 atom stereocenters. The zero-order valence-electron chi connectivity index (χ0n) is 14.6. The lowest BCUT2D eigenvalue weighted by molar-refractivity contribution is -0.124. The molecule has 2 amide bonds. The summed E-state index contributed by atoms with van der Waals surface area (Å²) in [6.45, 7) is 1.77. The van der Waals surface area contributed by atoms with E-state index in [1.54, 1.807) is 26.2 Å². The van der Waals surface area contributed by atoms with Crippen LogP contribution in [-0.2, 0) is 9.59 Å². The summed E-state index contributed by atoms with van der Waals surface area (Å²) in [7, 11) is 1.59. The Balaban J connectivity index is 1.78. The SMILES string of the molecule is COc1ccc(/C(C)=N\NC(=O)CCC(=O)Nc2ccc(F)cc2)cc1. The van der Waals surface area contributed by atoms with E-state index < -0.39 is 0 Å². The fraction of sp³-hybridized carbons (Fsp3) is 0.211. The van der Waals surface area contributed by atoms with Crippen LogP contribution in [0, 0.1) is 5.82 Å². The number of methoxy groups -OCH3 is 1. The van der Waals surface area contributed by atoms with Crippen LogP contribution >= 0.6 is 0 Å². The van der Waals surface area contributed by atoms with Crippen LogP contribution in [-0.4, -0.2) is 24.6 Å². The topological polar surface area (TPSA) is 79.8 Å². The summed E-state index contributed by atoms with van der Waals surface area (Å²) < 4.78 is 17.9. The van der Waals surface area contributed by atoms with Gasteiger partial charge in [-0.3, -0.25) is 9.59 Å². The molecule has 0 spiro atoms. The predicted octanol–water partition coefficient (Wildman–Crippen LogP) is 3.09. The number of benzene rings is 2. The van der Waals surface area contributed by atoms with E-state index in [4.69, 9.17) is 4.74 Å². The first-order valence-corrected chi connectivity index (χ1v) is 8.01. The van der Waals surface area contributed by atoms with Gasteiger partial charge >= 0.3 is 0 Å². The van der Waals surface area contributed by atoms with Gasteiger partial charge in [-0.1, -0.05) is 0 Å². The zero-order chi connectivity index (χ0) is 18.9. The van der Waals surface area contributed by atoms with Crippen LogP contribution in [0.25, 0.3) is 0 Å². The van der Waals surface area contributed by atoms with E-state index in [0.29, 0.717) is 11.4 Å². The second-order valence-corrected chi connectivity index (χ2v) is 5.52. The first kappa shape index (κ1) is 19.1. The lowest BCUT2D eigenvalue weighted by Gasteiger charge is -2.06. The molecule has 0 aliphatic rings. The molecule has 2 aromatic carbocycles. The average molecular weight is 357 g/mol. The van der Waals surface area contributed by atoms with Crippen LogP contribution < -0.4 is 15.5 Å². The van der Waals surface area contributed by atoms with E-state index in [9.17, 15) is 14.0 Å². The van der Waals surface area contributed by atoms with Crippen LogP contribution in [0.15, 0.2) is 53.6 Å². The molecule has 0 saturated heterocycles. The summed E-state index contributed by atoms with van der Waals surface area (Å²) in [6, 6.07) is 12.7. The lowest BCUT2D eigenvalue weighted by atomic mass is 10.1. The van der Waals surface area contributed by atoms with Gasteiger partial charge in [0.15, 0.2) is 0 Å². The maximum Gasteiger partial charge on any atom is 0.240 e. The molecule has 7 heteroatoms. The molecule has 0 bridgehead atoms. The largest absolute Gasteiger partial charge is 0.497 e. The Labute approximate surface area is 151 Å². The highest BCUT2D eigenvalue weighted by Crippen LogP contribution is 2.12. The number of hydrogen-bond donors (Lipinski definition) is 2.